The smallest absolute Gasteiger partial charge is 0.317 e. The van der Waals surface area contributed by atoms with Crippen LogP contribution in [-0.4, -0.2) is 12.7 Å². The minimum atomic E-state index is -4.03. The van der Waals surface area contributed by atoms with E-state index in [9.17, 15) is 13.2 Å². The van der Waals surface area contributed by atoms with Crippen LogP contribution in [0.2, 0.25) is 0 Å². The molecule has 0 saturated carbocycles. The molecule has 0 aromatic carbocycles. The van der Waals surface area contributed by atoms with Crippen molar-refractivity contribution in [2.75, 3.05) is 6.54 Å². The predicted octanol–water partition coefficient (Wildman–Crippen LogP) is 3.03. The third-order valence-electron chi connectivity index (χ3n) is 1.23. The summed E-state index contributed by atoms with van der Waals surface area (Å²) in [6.07, 6.45) is -3.51. The van der Waals surface area contributed by atoms with Crippen LogP contribution in [0.5, 0.6) is 0 Å². The third kappa shape index (κ3) is 9.28. The summed E-state index contributed by atoms with van der Waals surface area (Å²) >= 11 is 0. The average Bonchev–Trinajstić information content (AvgIpc) is 1.85. The Balaban J connectivity index is 3.10. The van der Waals surface area contributed by atoms with Crippen molar-refractivity contribution < 1.29 is 13.2 Å². The van der Waals surface area contributed by atoms with Gasteiger partial charge in [0.05, 0.1) is 0 Å². The third-order valence-corrected chi connectivity index (χ3v) is 1.23. The fourth-order valence-corrected chi connectivity index (χ4v) is 0.693. The van der Waals surface area contributed by atoms with Crippen LogP contribution in [0.3, 0.4) is 0 Å². The zero-order valence-corrected chi connectivity index (χ0v) is 6.12. The van der Waals surface area contributed by atoms with Crippen LogP contribution in [-0.2, 0) is 0 Å². The van der Waals surface area contributed by atoms with Crippen molar-refractivity contribution in [3.05, 3.63) is 11.4 Å². The molecule has 0 aliphatic carbocycles. The highest BCUT2D eigenvalue weighted by atomic mass is 19.4. The Hall–Kier alpha value is -0.720. The molecular formula is C7H10F3N. The number of hydrogen-bond donors (Lipinski definition) is 0. The normalized spacial score (nSPS) is 11.1. The van der Waals surface area contributed by atoms with Crippen molar-refractivity contribution in [1.82, 2.24) is 0 Å². The van der Waals surface area contributed by atoms with E-state index in [1.165, 1.54) is 0 Å². The maximum Gasteiger partial charge on any atom is 0.389 e. The monoisotopic (exact) mass is 165 g/mol. The molecule has 4 heteroatoms. The molecule has 0 fully saturated rings. The van der Waals surface area contributed by atoms with Gasteiger partial charge in [0.1, 0.15) is 0 Å². The number of halogens is 3. The largest absolute Gasteiger partial charge is 0.389 e. The first kappa shape index (κ1) is 10.3. The van der Waals surface area contributed by atoms with Crippen LogP contribution >= 0.6 is 0 Å². The molecule has 11 heavy (non-hydrogen) atoms. The minimum Gasteiger partial charge on any atom is -0.317 e. The molecular weight excluding hydrogens is 155 g/mol. The summed E-state index contributed by atoms with van der Waals surface area (Å²) in [5, 5.41) is 0. The van der Waals surface area contributed by atoms with Gasteiger partial charge < -0.3 is 4.85 Å². The standard InChI is InChI=1S/C7H10F3N/c1-11-6-4-2-3-5-7(8,9)10/h2-6H2. The first-order valence-electron chi connectivity index (χ1n) is 3.46. The topological polar surface area (TPSA) is 4.36 Å². The van der Waals surface area contributed by atoms with Crippen LogP contribution in [0, 0.1) is 6.57 Å². The molecule has 0 aliphatic rings. The van der Waals surface area contributed by atoms with Gasteiger partial charge in [-0.2, -0.15) is 13.2 Å². The molecule has 0 atom stereocenters. The summed E-state index contributed by atoms with van der Waals surface area (Å²) in [5.41, 5.74) is 0. The Morgan fingerprint density at radius 2 is 1.73 bits per heavy atom. The van der Waals surface area contributed by atoms with Crippen molar-refractivity contribution in [3.63, 3.8) is 0 Å². The summed E-state index contributed by atoms with van der Waals surface area (Å²) < 4.78 is 34.5. The molecule has 0 aromatic heterocycles. The Kier molecular flexibility index (Phi) is 4.67. The summed E-state index contributed by atoms with van der Waals surface area (Å²) in [6.45, 7) is 6.71. The van der Waals surface area contributed by atoms with E-state index in [4.69, 9.17) is 6.57 Å². The lowest BCUT2D eigenvalue weighted by molar-refractivity contribution is -0.135. The SMILES string of the molecule is [C-]#[N+]CCCCCC(F)(F)F. The summed E-state index contributed by atoms with van der Waals surface area (Å²) in [7, 11) is 0. The van der Waals surface area contributed by atoms with Crippen LogP contribution < -0.4 is 0 Å². The molecule has 0 aromatic rings. The van der Waals surface area contributed by atoms with Crippen LogP contribution in [0.15, 0.2) is 0 Å². The second kappa shape index (κ2) is 5.00. The van der Waals surface area contributed by atoms with Gasteiger partial charge in [0.2, 0.25) is 6.54 Å². The molecule has 0 heterocycles. The maximum atomic E-state index is 11.5. The fourth-order valence-electron chi connectivity index (χ4n) is 0.693. The Bertz CT molecular complexity index is 134. The van der Waals surface area contributed by atoms with Gasteiger partial charge in [0.15, 0.2) is 0 Å². The van der Waals surface area contributed by atoms with E-state index in [0.29, 0.717) is 19.4 Å². The predicted molar refractivity (Wildman–Crippen MR) is 36.0 cm³/mol. The summed E-state index contributed by atoms with van der Waals surface area (Å²) in [6, 6.07) is 0. The van der Waals surface area contributed by atoms with E-state index >= 15 is 0 Å². The first-order valence-corrected chi connectivity index (χ1v) is 3.46. The van der Waals surface area contributed by atoms with E-state index in [0.717, 1.165) is 0 Å². The van der Waals surface area contributed by atoms with Crippen molar-refractivity contribution in [2.45, 2.75) is 31.9 Å². The lowest BCUT2D eigenvalue weighted by atomic mass is 10.2. The number of unbranched alkanes of at least 4 members (excludes halogenated alkanes) is 2. The zero-order chi connectivity index (χ0) is 8.74. The van der Waals surface area contributed by atoms with Crippen molar-refractivity contribution in [2.24, 2.45) is 0 Å². The Labute approximate surface area is 64.0 Å². The van der Waals surface area contributed by atoms with Crippen LogP contribution in [0.4, 0.5) is 13.2 Å². The second-order valence-electron chi connectivity index (χ2n) is 2.31. The highest BCUT2D eigenvalue weighted by molar-refractivity contribution is 4.59. The van der Waals surface area contributed by atoms with Gasteiger partial charge in [-0.1, -0.05) is 0 Å². The Morgan fingerprint density at radius 1 is 1.09 bits per heavy atom. The van der Waals surface area contributed by atoms with Gasteiger partial charge in [-0.15, -0.1) is 0 Å². The molecule has 0 radical (unpaired) electrons. The van der Waals surface area contributed by atoms with E-state index in [-0.39, 0.29) is 6.42 Å². The summed E-state index contributed by atoms with van der Waals surface area (Å²) in [4.78, 5) is 3.04. The van der Waals surface area contributed by atoms with Crippen molar-refractivity contribution >= 4 is 0 Å². The van der Waals surface area contributed by atoms with Gasteiger partial charge in [-0.3, -0.25) is 0 Å². The minimum absolute atomic E-state index is 0.152. The quantitative estimate of drug-likeness (QED) is 0.445. The van der Waals surface area contributed by atoms with Crippen molar-refractivity contribution in [3.8, 4) is 0 Å². The molecule has 64 valence electrons. The molecule has 0 unspecified atom stereocenters. The van der Waals surface area contributed by atoms with Gasteiger partial charge in [0.25, 0.3) is 0 Å². The molecule has 0 aliphatic heterocycles. The van der Waals surface area contributed by atoms with Crippen LogP contribution in [0.25, 0.3) is 4.85 Å². The van der Waals surface area contributed by atoms with E-state index in [1.807, 2.05) is 0 Å². The second-order valence-corrected chi connectivity index (χ2v) is 2.31. The first-order chi connectivity index (χ1) is 5.06. The average molecular weight is 165 g/mol. The number of nitrogens with zero attached hydrogens (tertiary/aromatic N) is 1. The van der Waals surface area contributed by atoms with Gasteiger partial charge >= 0.3 is 6.18 Å². The molecule has 1 nitrogen and oxygen atoms in total. The van der Waals surface area contributed by atoms with Gasteiger partial charge in [-0.05, 0) is 12.8 Å². The maximum absolute atomic E-state index is 11.5. The fraction of sp³-hybridized carbons (Fsp3) is 0.857. The van der Waals surface area contributed by atoms with E-state index in [1.54, 1.807) is 0 Å². The van der Waals surface area contributed by atoms with Crippen LogP contribution in [0.1, 0.15) is 25.7 Å². The zero-order valence-electron chi connectivity index (χ0n) is 6.12. The van der Waals surface area contributed by atoms with Crippen molar-refractivity contribution in [1.29, 1.82) is 0 Å². The molecule has 0 rings (SSSR count). The lowest BCUT2D eigenvalue weighted by Crippen LogP contribution is -2.06. The molecule has 0 N–H and O–H groups in total. The van der Waals surface area contributed by atoms with Gasteiger partial charge in [0, 0.05) is 12.8 Å². The Morgan fingerprint density at radius 3 is 2.18 bits per heavy atom. The number of rotatable bonds is 4. The molecule has 0 amide bonds. The van der Waals surface area contributed by atoms with E-state index < -0.39 is 12.6 Å². The molecule has 0 spiro atoms. The lowest BCUT2D eigenvalue weighted by Gasteiger charge is -2.03. The highest BCUT2D eigenvalue weighted by Gasteiger charge is 2.25. The summed E-state index contributed by atoms with van der Waals surface area (Å²) in [5.74, 6) is 0. The molecule has 0 bridgehead atoms. The molecule has 0 saturated heterocycles. The number of hydrogen-bond acceptors (Lipinski definition) is 0. The number of alkyl halides is 3. The highest BCUT2D eigenvalue weighted by Crippen LogP contribution is 2.22. The van der Waals surface area contributed by atoms with Gasteiger partial charge in [-0.25, -0.2) is 6.57 Å². The van der Waals surface area contributed by atoms with E-state index in [2.05, 4.69) is 4.85 Å².